The van der Waals surface area contributed by atoms with E-state index < -0.39 is 0 Å². The molecule has 1 aliphatic rings. The molecule has 1 aliphatic heterocycles. The lowest BCUT2D eigenvalue weighted by molar-refractivity contribution is 0.140. The fraction of sp³-hybridized carbons (Fsp3) is 0.647. The van der Waals surface area contributed by atoms with Crippen LogP contribution in [0.5, 0.6) is 11.5 Å². The molecule has 2 atom stereocenters. The highest BCUT2D eigenvalue weighted by Gasteiger charge is 2.22. The van der Waals surface area contributed by atoms with Crippen LogP contribution in [0.15, 0.2) is 24.3 Å². The number of nitrogens with two attached hydrogens (primary N) is 1. The van der Waals surface area contributed by atoms with Gasteiger partial charge in [-0.25, -0.2) is 0 Å². The minimum absolute atomic E-state index is 0.359. The highest BCUT2D eigenvalue weighted by molar-refractivity contribution is 5.31. The number of ether oxygens (including phenoxy) is 2. The third-order valence-electron chi connectivity index (χ3n) is 4.03. The van der Waals surface area contributed by atoms with Crippen molar-refractivity contribution >= 4 is 0 Å². The molecule has 2 N–H and O–H groups in total. The second kappa shape index (κ2) is 8.25. The fourth-order valence-corrected chi connectivity index (χ4v) is 2.60. The summed E-state index contributed by atoms with van der Waals surface area (Å²) in [6.45, 7) is 8.93. The van der Waals surface area contributed by atoms with Gasteiger partial charge in [-0.05, 0) is 49.6 Å². The van der Waals surface area contributed by atoms with Crippen LogP contribution in [0.3, 0.4) is 0 Å². The Bertz CT molecular complexity index is 408. The molecule has 2 unspecified atom stereocenters. The summed E-state index contributed by atoms with van der Waals surface area (Å²) in [6, 6.07) is 8.23. The van der Waals surface area contributed by atoms with Crippen LogP contribution in [0, 0.1) is 5.92 Å². The van der Waals surface area contributed by atoms with E-state index in [9.17, 15) is 0 Å². The van der Waals surface area contributed by atoms with Gasteiger partial charge in [-0.2, -0.15) is 0 Å². The number of piperidine rings is 1. The molecular weight excluding hydrogens is 264 g/mol. The average molecular weight is 292 g/mol. The van der Waals surface area contributed by atoms with Gasteiger partial charge >= 0.3 is 0 Å². The monoisotopic (exact) mass is 292 g/mol. The first kappa shape index (κ1) is 16.1. The lowest BCUT2D eigenvalue weighted by Gasteiger charge is -2.34. The molecule has 0 amide bonds. The molecule has 1 aromatic carbocycles. The van der Waals surface area contributed by atoms with Gasteiger partial charge in [-0.1, -0.05) is 13.8 Å². The van der Waals surface area contributed by atoms with Crippen LogP contribution in [0.2, 0.25) is 0 Å². The van der Waals surface area contributed by atoms with Gasteiger partial charge in [0.1, 0.15) is 18.1 Å². The molecule has 0 saturated carbocycles. The number of hydrogen-bond acceptors (Lipinski definition) is 4. The summed E-state index contributed by atoms with van der Waals surface area (Å²) < 4.78 is 11.4. The maximum absolute atomic E-state index is 6.04. The molecule has 4 heteroatoms. The lowest BCUT2D eigenvalue weighted by Crippen LogP contribution is -2.46. The second-order valence-corrected chi connectivity index (χ2v) is 5.90. The van der Waals surface area contributed by atoms with Crippen molar-refractivity contribution in [3.8, 4) is 11.5 Å². The van der Waals surface area contributed by atoms with E-state index in [1.165, 1.54) is 0 Å². The van der Waals surface area contributed by atoms with Crippen LogP contribution in [0.4, 0.5) is 0 Å². The number of rotatable bonds is 7. The predicted octanol–water partition coefficient (Wildman–Crippen LogP) is 2.52. The van der Waals surface area contributed by atoms with E-state index in [1.807, 2.05) is 24.3 Å². The quantitative estimate of drug-likeness (QED) is 0.839. The summed E-state index contributed by atoms with van der Waals surface area (Å²) in [5.41, 5.74) is 6.04. The smallest absolute Gasteiger partial charge is 0.119 e. The van der Waals surface area contributed by atoms with E-state index in [2.05, 4.69) is 18.7 Å². The second-order valence-electron chi connectivity index (χ2n) is 5.90. The maximum atomic E-state index is 6.04. The van der Waals surface area contributed by atoms with Crippen LogP contribution in [0.25, 0.3) is 0 Å². The highest BCUT2D eigenvalue weighted by Crippen LogP contribution is 2.18. The minimum Gasteiger partial charge on any atom is -0.494 e. The molecular formula is C17H28N2O2. The van der Waals surface area contributed by atoms with E-state index in [4.69, 9.17) is 15.2 Å². The average Bonchev–Trinajstić information content (AvgIpc) is 2.50. The van der Waals surface area contributed by atoms with Crippen LogP contribution < -0.4 is 15.2 Å². The van der Waals surface area contributed by atoms with E-state index in [-0.39, 0.29) is 0 Å². The number of benzene rings is 1. The molecule has 118 valence electrons. The standard InChI is InChI=1S/C17H28N2O2/c1-3-11-20-15-4-6-16(7-5-15)21-12-10-19-9-8-17(18)14(2)13-19/h4-7,14,17H,3,8-13,18H2,1-2H3. The zero-order valence-electron chi connectivity index (χ0n) is 13.3. The zero-order chi connectivity index (χ0) is 15.1. The Labute approximate surface area is 128 Å². The van der Waals surface area contributed by atoms with Crippen molar-refractivity contribution in [2.75, 3.05) is 32.8 Å². The first-order valence-corrected chi connectivity index (χ1v) is 8.02. The maximum Gasteiger partial charge on any atom is 0.119 e. The molecule has 0 bridgehead atoms. The van der Waals surface area contributed by atoms with Crippen LogP contribution in [-0.2, 0) is 0 Å². The van der Waals surface area contributed by atoms with Crippen LogP contribution in [0.1, 0.15) is 26.7 Å². The fourth-order valence-electron chi connectivity index (χ4n) is 2.60. The van der Waals surface area contributed by atoms with E-state index >= 15 is 0 Å². The van der Waals surface area contributed by atoms with Gasteiger partial charge in [0.15, 0.2) is 0 Å². The summed E-state index contributed by atoms with van der Waals surface area (Å²) in [5, 5.41) is 0. The normalized spacial score (nSPS) is 23.0. The Morgan fingerprint density at radius 1 is 1.14 bits per heavy atom. The van der Waals surface area contributed by atoms with Gasteiger partial charge in [0.05, 0.1) is 6.61 Å². The number of likely N-dealkylation sites (tertiary alicyclic amines) is 1. The van der Waals surface area contributed by atoms with Gasteiger partial charge < -0.3 is 15.2 Å². The van der Waals surface area contributed by atoms with Crippen molar-refractivity contribution in [1.29, 1.82) is 0 Å². The molecule has 4 nitrogen and oxygen atoms in total. The third kappa shape index (κ3) is 5.21. The molecule has 0 spiro atoms. The summed E-state index contributed by atoms with van der Waals surface area (Å²) in [4.78, 5) is 2.44. The molecule has 1 aromatic rings. The molecule has 0 radical (unpaired) electrons. The van der Waals surface area contributed by atoms with Crippen molar-refractivity contribution in [2.24, 2.45) is 11.7 Å². The van der Waals surface area contributed by atoms with Gasteiger partial charge in [0.2, 0.25) is 0 Å². The van der Waals surface area contributed by atoms with E-state index in [0.717, 1.165) is 57.2 Å². The first-order chi connectivity index (χ1) is 10.2. The number of nitrogens with zero attached hydrogens (tertiary/aromatic N) is 1. The van der Waals surface area contributed by atoms with E-state index in [1.54, 1.807) is 0 Å². The largest absolute Gasteiger partial charge is 0.494 e. The van der Waals surface area contributed by atoms with Gasteiger partial charge in [-0.3, -0.25) is 4.90 Å². The molecule has 0 aromatic heterocycles. The Morgan fingerprint density at radius 2 is 1.76 bits per heavy atom. The van der Waals surface area contributed by atoms with Crippen molar-refractivity contribution < 1.29 is 9.47 Å². The summed E-state index contributed by atoms with van der Waals surface area (Å²) in [5.74, 6) is 2.39. The third-order valence-corrected chi connectivity index (χ3v) is 4.03. The molecule has 1 heterocycles. The summed E-state index contributed by atoms with van der Waals surface area (Å²) >= 11 is 0. The highest BCUT2D eigenvalue weighted by atomic mass is 16.5. The van der Waals surface area contributed by atoms with Crippen molar-refractivity contribution in [2.45, 2.75) is 32.7 Å². The van der Waals surface area contributed by atoms with Crippen molar-refractivity contribution in [3.63, 3.8) is 0 Å². The van der Waals surface area contributed by atoms with Gasteiger partial charge in [0.25, 0.3) is 0 Å². The molecule has 0 aliphatic carbocycles. The van der Waals surface area contributed by atoms with Gasteiger partial charge in [-0.15, -0.1) is 0 Å². The predicted molar refractivity (Wildman–Crippen MR) is 85.9 cm³/mol. The van der Waals surface area contributed by atoms with Crippen molar-refractivity contribution in [3.05, 3.63) is 24.3 Å². The Morgan fingerprint density at radius 3 is 2.33 bits per heavy atom. The Balaban J connectivity index is 1.68. The lowest BCUT2D eigenvalue weighted by atomic mass is 9.95. The number of hydrogen-bond donors (Lipinski definition) is 1. The molecule has 21 heavy (non-hydrogen) atoms. The topological polar surface area (TPSA) is 47.7 Å². The minimum atomic E-state index is 0.359. The van der Waals surface area contributed by atoms with Crippen LogP contribution >= 0.6 is 0 Å². The van der Waals surface area contributed by atoms with E-state index in [0.29, 0.717) is 12.0 Å². The zero-order valence-corrected chi connectivity index (χ0v) is 13.3. The molecule has 1 fully saturated rings. The summed E-state index contributed by atoms with van der Waals surface area (Å²) in [6.07, 6.45) is 2.11. The first-order valence-electron chi connectivity index (χ1n) is 8.02. The SMILES string of the molecule is CCCOc1ccc(OCCN2CCC(N)C(C)C2)cc1. The van der Waals surface area contributed by atoms with Crippen molar-refractivity contribution in [1.82, 2.24) is 4.90 Å². The Kier molecular flexibility index (Phi) is 6.33. The van der Waals surface area contributed by atoms with Gasteiger partial charge in [0, 0.05) is 19.1 Å². The Hall–Kier alpha value is -1.26. The molecule has 2 rings (SSSR count). The molecule has 1 saturated heterocycles. The van der Waals surface area contributed by atoms with Crippen LogP contribution in [-0.4, -0.2) is 43.8 Å². The summed E-state index contributed by atoms with van der Waals surface area (Å²) in [7, 11) is 0.